The van der Waals surface area contributed by atoms with E-state index in [-0.39, 0.29) is 17.0 Å². The molecule has 0 aromatic carbocycles. The summed E-state index contributed by atoms with van der Waals surface area (Å²) >= 11 is 4.60. The van der Waals surface area contributed by atoms with Crippen LogP contribution in [0.4, 0.5) is 0 Å². The van der Waals surface area contributed by atoms with E-state index in [0.29, 0.717) is 18.2 Å². The van der Waals surface area contributed by atoms with Crippen molar-refractivity contribution in [3.8, 4) is 0 Å². The summed E-state index contributed by atoms with van der Waals surface area (Å²) in [5.41, 5.74) is 6.59. The lowest BCUT2D eigenvalue weighted by molar-refractivity contribution is -0.147. The predicted octanol–water partition coefficient (Wildman–Crippen LogP) is 0.555. The van der Waals surface area contributed by atoms with E-state index in [9.17, 15) is 14.7 Å². The number of carboxylic acids is 1. The van der Waals surface area contributed by atoms with Gasteiger partial charge in [0.1, 0.15) is 23.8 Å². The Morgan fingerprint density at radius 3 is 3.00 bits per heavy atom. The van der Waals surface area contributed by atoms with Crippen LogP contribution < -0.4 is 5.73 Å². The van der Waals surface area contributed by atoms with Crippen molar-refractivity contribution in [2.24, 2.45) is 10.7 Å². The number of aliphatic imine (C=N–C) groups is 1. The highest BCUT2D eigenvalue weighted by atomic mass is 32.2. The Morgan fingerprint density at radius 2 is 2.38 bits per heavy atom. The molecule has 1 saturated heterocycles. The van der Waals surface area contributed by atoms with Gasteiger partial charge in [-0.15, -0.1) is 11.8 Å². The lowest BCUT2D eigenvalue weighted by atomic mass is 10.0. The molecule has 3 rings (SSSR count). The molecule has 0 radical (unpaired) electrons. The van der Waals surface area contributed by atoms with Crippen molar-refractivity contribution < 1.29 is 14.7 Å². The average Bonchev–Trinajstić information content (AvgIpc) is 2.88. The minimum Gasteiger partial charge on any atom is -0.477 e. The first-order valence-corrected chi connectivity index (χ1v) is 9.00. The number of amides is 1. The zero-order valence-electron chi connectivity index (χ0n) is 11.2. The fraction of sp³-hybridized carbons (Fsp3) is 0.545. The molecule has 114 valence electrons. The number of hydrogen-bond acceptors (Lipinski definition) is 8. The smallest absolute Gasteiger partial charge is 0.352 e. The van der Waals surface area contributed by atoms with E-state index in [1.807, 2.05) is 10.6 Å². The number of aliphatic carboxylic acids is 1. The van der Waals surface area contributed by atoms with Crippen LogP contribution in [0.25, 0.3) is 0 Å². The third-order valence-corrected chi connectivity index (χ3v) is 6.81. The van der Waals surface area contributed by atoms with Crippen molar-refractivity contribution >= 4 is 52.6 Å². The van der Waals surface area contributed by atoms with Gasteiger partial charge in [0.2, 0.25) is 5.91 Å². The van der Waals surface area contributed by atoms with E-state index in [0.717, 1.165) is 10.6 Å². The van der Waals surface area contributed by atoms with Gasteiger partial charge in [0.15, 0.2) is 0 Å². The van der Waals surface area contributed by atoms with Gasteiger partial charge in [0, 0.05) is 11.5 Å². The lowest BCUT2D eigenvalue weighted by Crippen LogP contribution is -2.68. The fourth-order valence-corrected chi connectivity index (χ4v) is 5.59. The lowest BCUT2D eigenvalue weighted by Gasteiger charge is -2.48. The van der Waals surface area contributed by atoms with Gasteiger partial charge in [0.05, 0.1) is 5.04 Å². The maximum Gasteiger partial charge on any atom is 0.352 e. The first-order chi connectivity index (χ1) is 9.99. The summed E-state index contributed by atoms with van der Waals surface area (Å²) in [6.07, 6.45) is 0. The van der Waals surface area contributed by atoms with Crippen LogP contribution in [0.3, 0.4) is 0 Å². The highest BCUT2D eigenvalue weighted by Crippen LogP contribution is 2.41. The number of carbonyl (C=O) groups is 2. The van der Waals surface area contributed by atoms with E-state index in [1.54, 1.807) is 11.9 Å². The number of hydrogen-bond donors (Lipinski definition) is 2. The van der Waals surface area contributed by atoms with Crippen molar-refractivity contribution in [2.45, 2.75) is 18.3 Å². The molecule has 3 aliphatic heterocycles. The van der Waals surface area contributed by atoms with Gasteiger partial charge in [-0.2, -0.15) is 3.71 Å². The molecule has 0 spiro atoms. The van der Waals surface area contributed by atoms with Crippen molar-refractivity contribution in [3.05, 3.63) is 11.3 Å². The quantitative estimate of drug-likeness (QED) is 0.563. The molecule has 3 heterocycles. The fourth-order valence-electron chi connectivity index (χ4n) is 2.27. The SMILES string of the molecule is CC1=NCN(SCC2=C(C(=O)O)N3C(=O)C(N)[C@@H]3SC2)S1. The Bertz CT molecular complexity index is 565. The number of nitrogens with zero attached hydrogens (tertiary/aromatic N) is 3. The topological polar surface area (TPSA) is 99.2 Å². The second-order valence-corrected chi connectivity index (χ2v) is 8.25. The molecule has 3 aliphatic rings. The monoisotopic (exact) mass is 346 g/mol. The molecule has 10 heteroatoms. The van der Waals surface area contributed by atoms with Crippen molar-refractivity contribution in [1.82, 2.24) is 8.61 Å². The highest BCUT2D eigenvalue weighted by molar-refractivity contribution is 8.20. The molecule has 0 saturated carbocycles. The van der Waals surface area contributed by atoms with Crippen LogP contribution in [0, 0.1) is 0 Å². The number of β-lactam (4-membered cyclic amide) rings is 1. The summed E-state index contributed by atoms with van der Waals surface area (Å²) in [7, 11) is 0. The maximum atomic E-state index is 11.8. The zero-order valence-corrected chi connectivity index (χ0v) is 13.6. The minimum atomic E-state index is -1.06. The van der Waals surface area contributed by atoms with E-state index in [2.05, 4.69) is 4.99 Å². The van der Waals surface area contributed by atoms with E-state index < -0.39 is 12.0 Å². The van der Waals surface area contributed by atoms with Gasteiger partial charge in [-0.05, 0) is 24.4 Å². The first kappa shape index (κ1) is 15.2. The third kappa shape index (κ3) is 2.70. The minimum absolute atomic E-state index is 0.111. The zero-order chi connectivity index (χ0) is 15.1. The van der Waals surface area contributed by atoms with E-state index >= 15 is 0 Å². The second-order valence-electron chi connectivity index (χ2n) is 4.71. The summed E-state index contributed by atoms with van der Waals surface area (Å²) in [5.74, 6) is -0.231. The van der Waals surface area contributed by atoms with Crippen LogP contribution in [0.15, 0.2) is 16.3 Å². The molecule has 0 aliphatic carbocycles. The first-order valence-electron chi connectivity index (χ1n) is 6.24. The van der Waals surface area contributed by atoms with E-state index in [4.69, 9.17) is 5.73 Å². The number of carbonyl (C=O) groups excluding carboxylic acids is 1. The molecular weight excluding hydrogens is 332 g/mol. The molecule has 1 fully saturated rings. The normalized spacial score (nSPS) is 29.3. The Balaban J connectivity index is 1.72. The molecule has 21 heavy (non-hydrogen) atoms. The molecule has 1 unspecified atom stereocenters. The van der Waals surface area contributed by atoms with Crippen LogP contribution in [-0.4, -0.2) is 60.2 Å². The van der Waals surface area contributed by atoms with Gasteiger partial charge in [-0.3, -0.25) is 14.7 Å². The third-order valence-electron chi connectivity index (χ3n) is 3.32. The Labute approximate surface area is 134 Å². The van der Waals surface area contributed by atoms with Gasteiger partial charge in [0.25, 0.3) is 0 Å². The maximum absolute atomic E-state index is 11.8. The molecule has 3 N–H and O–H groups in total. The average molecular weight is 346 g/mol. The number of thioether (sulfide) groups is 1. The number of nitrogens with two attached hydrogens (primary N) is 1. The van der Waals surface area contributed by atoms with Crippen LogP contribution in [0.1, 0.15) is 6.92 Å². The van der Waals surface area contributed by atoms with Gasteiger partial charge in [-0.25, -0.2) is 4.79 Å². The van der Waals surface area contributed by atoms with Gasteiger partial charge < -0.3 is 10.8 Å². The highest BCUT2D eigenvalue weighted by Gasteiger charge is 2.51. The Hall–Kier alpha value is -0.680. The van der Waals surface area contributed by atoms with Gasteiger partial charge >= 0.3 is 5.97 Å². The summed E-state index contributed by atoms with van der Waals surface area (Å²) < 4.78 is 2.00. The Kier molecular flexibility index (Phi) is 4.23. The van der Waals surface area contributed by atoms with Gasteiger partial charge in [-0.1, -0.05) is 11.9 Å². The summed E-state index contributed by atoms with van der Waals surface area (Å²) in [5, 5.41) is 10.2. The molecule has 7 nitrogen and oxygen atoms in total. The standard InChI is InChI=1S/C11H14N4O3S3/c1-5-13-4-14(21-5)20-3-6-2-19-10-7(12)9(16)15(10)8(6)11(17)18/h7,10H,2-4,12H2,1H3,(H,17,18)/t7?,10-/m0/s1. The van der Waals surface area contributed by atoms with E-state index in [1.165, 1.54) is 28.6 Å². The molecule has 2 atom stereocenters. The molecule has 1 amide bonds. The summed E-state index contributed by atoms with van der Waals surface area (Å²) in [4.78, 5) is 28.9. The number of fused-ring (bicyclic) bond motifs is 1. The second kappa shape index (κ2) is 5.84. The molecule has 0 aromatic rings. The molecule has 0 aromatic heterocycles. The van der Waals surface area contributed by atoms with Crippen LogP contribution in [0.2, 0.25) is 0 Å². The summed E-state index contributed by atoms with van der Waals surface area (Å²) in [6, 6.07) is -0.580. The van der Waals surface area contributed by atoms with Crippen molar-refractivity contribution in [3.63, 3.8) is 0 Å². The molecular formula is C11H14N4O3S3. The number of carboxylic acid groups (broad SMARTS) is 1. The molecule has 0 bridgehead atoms. The summed E-state index contributed by atoms with van der Waals surface area (Å²) in [6.45, 7) is 2.54. The number of rotatable bonds is 4. The largest absolute Gasteiger partial charge is 0.477 e. The predicted molar refractivity (Wildman–Crippen MR) is 85.6 cm³/mol. The Morgan fingerprint density at radius 1 is 1.62 bits per heavy atom. The van der Waals surface area contributed by atoms with Crippen molar-refractivity contribution in [2.75, 3.05) is 18.2 Å². The van der Waals surface area contributed by atoms with Crippen LogP contribution in [0.5, 0.6) is 0 Å². The van der Waals surface area contributed by atoms with Crippen LogP contribution >= 0.6 is 35.7 Å². The van der Waals surface area contributed by atoms with Crippen LogP contribution in [-0.2, 0) is 9.59 Å². The van der Waals surface area contributed by atoms with Crippen molar-refractivity contribution in [1.29, 1.82) is 0 Å².